The molecule has 4 N–H and O–H groups in total. The van der Waals surface area contributed by atoms with E-state index in [9.17, 15) is 4.39 Å². The van der Waals surface area contributed by atoms with E-state index < -0.39 is 0 Å². The molecule has 1 fully saturated rings. The summed E-state index contributed by atoms with van der Waals surface area (Å²) in [5.41, 5.74) is 6.56. The maximum atomic E-state index is 12.7. The molecule has 116 valence electrons. The van der Waals surface area contributed by atoms with Gasteiger partial charge in [-0.3, -0.25) is 10.9 Å². The molecule has 0 saturated carbocycles. The molecule has 5 nitrogen and oxygen atoms in total. The number of halogens is 1. The number of thiocarbonyl (C=S) groups is 1. The van der Waals surface area contributed by atoms with Gasteiger partial charge in [-0.15, -0.1) is 0 Å². The number of morpholine rings is 1. The molecule has 0 aromatic heterocycles. The lowest BCUT2D eigenvalue weighted by Crippen LogP contribution is -3.14. The summed E-state index contributed by atoms with van der Waals surface area (Å²) in [6, 6.07) is 6.08. The van der Waals surface area contributed by atoms with Crippen molar-refractivity contribution in [1.82, 2.24) is 10.7 Å². The third kappa shape index (κ3) is 6.24. The van der Waals surface area contributed by atoms with E-state index in [0.29, 0.717) is 5.11 Å². The van der Waals surface area contributed by atoms with E-state index in [1.54, 1.807) is 17.0 Å². The Kier molecular flexibility index (Phi) is 6.65. The van der Waals surface area contributed by atoms with Crippen molar-refractivity contribution in [3.05, 3.63) is 30.1 Å². The molecule has 1 aliphatic heterocycles. The number of hydrazine groups is 1. The molecule has 0 bridgehead atoms. The van der Waals surface area contributed by atoms with Gasteiger partial charge in [-0.1, -0.05) is 0 Å². The smallest absolute Gasteiger partial charge is 0.185 e. The first-order chi connectivity index (χ1) is 10.2. The molecule has 0 amide bonds. The Morgan fingerprint density at radius 1 is 1.24 bits per heavy atom. The van der Waals surface area contributed by atoms with Crippen LogP contribution in [-0.4, -0.2) is 44.5 Å². The Balaban J connectivity index is 1.54. The number of hydrogen-bond donors (Lipinski definition) is 4. The van der Waals surface area contributed by atoms with E-state index in [1.165, 1.54) is 12.1 Å². The first-order valence-electron chi connectivity index (χ1n) is 7.21. The summed E-state index contributed by atoms with van der Waals surface area (Å²) in [6.07, 6.45) is 1.06. The largest absolute Gasteiger partial charge is 0.370 e. The van der Waals surface area contributed by atoms with Crippen LogP contribution in [0, 0.1) is 5.82 Å². The van der Waals surface area contributed by atoms with Crippen LogP contribution >= 0.6 is 12.2 Å². The predicted molar refractivity (Wildman–Crippen MR) is 84.8 cm³/mol. The van der Waals surface area contributed by atoms with Crippen molar-refractivity contribution in [2.24, 2.45) is 0 Å². The number of ether oxygens (including phenoxy) is 1. The van der Waals surface area contributed by atoms with E-state index in [2.05, 4.69) is 16.2 Å². The summed E-state index contributed by atoms with van der Waals surface area (Å²) in [5, 5.41) is 3.68. The Labute approximate surface area is 129 Å². The zero-order chi connectivity index (χ0) is 14.9. The topological polar surface area (TPSA) is 49.8 Å². The standard InChI is InChI=1S/C14H21FN4OS/c15-12-2-4-13(5-3-12)17-18-14(21)16-6-1-7-19-8-10-20-11-9-19/h2-5,17H,1,6-11H2,(H2,16,18,21)/p+1. The van der Waals surface area contributed by atoms with Crippen molar-refractivity contribution in [3.8, 4) is 0 Å². The Morgan fingerprint density at radius 2 is 1.95 bits per heavy atom. The quantitative estimate of drug-likeness (QED) is 0.336. The maximum absolute atomic E-state index is 12.7. The maximum Gasteiger partial charge on any atom is 0.185 e. The van der Waals surface area contributed by atoms with Crippen LogP contribution in [0.4, 0.5) is 10.1 Å². The highest BCUT2D eigenvalue weighted by atomic mass is 32.1. The molecule has 1 aromatic rings. The van der Waals surface area contributed by atoms with Crippen molar-refractivity contribution >= 4 is 23.0 Å². The fourth-order valence-corrected chi connectivity index (χ4v) is 2.31. The lowest BCUT2D eigenvalue weighted by atomic mass is 10.3. The summed E-state index contributed by atoms with van der Waals surface area (Å²) in [6.45, 7) is 5.88. The van der Waals surface area contributed by atoms with Gasteiger partial charge in [0, 0.05) is 13.0 Å². The minimum Gasteiger partial charge on any atom is -0.370 e. The number of nitrogens with one attached hydrogen (secondary N) is 4. The van der Waals surface area contributed by atoms with Gasteiger partial charge in [-0.2, -0.15) is 0 Å². The van der Waals surface area contributed by atoms with Crippen LogP contribution in [0.15, 0.2) is 24.3 Å². The zero-order valence-corrected chi connectivity index (χ0v) is 12.8. The molecular formula is C14H22FN4OS+. The Bertz CT molecular complexity index is 437. The predicted octanol–water partition coefficient (Wildman–Crippen LogP) is -0.0781. The molecule has 21 heavy (non-hydrogen) atoms. The number of anilines is 1. The van der Waals surface area contributed by atoms with E-state index in [1.807, 2.05) is 0 Å². The monoisotopic (exact) mass is 313 g/mol. The van der Waals surface area contributed by atoms with Gasteiger partial charge < -0.3 is 15.0 Å². The highest BCUT2D eigenvalue weighted by Crippen LogP contribution is 2.06. The lowest BCUT2D eigenvalue weighted by molar-refractivity contribution is -0.908. The molecule has 0 aliphatic carbocycles. The minimum atomic E-state index is -0.258. The van der Waals surface area contributed by atoms with Crippen LogP contribution in [0.1, 0.15) is 6.42 Å². The van der Waals surface area contributed by atoms with Gasteiger partial charge >= 0.3 is 0 Å². The third-order valence-electron chi connectivity index (χ3n) is 3.36. The van der Waals surface area contributed by atoms with Crippen molar-refractivity contribution < 1.29 is 14.0 Å². The average molecular weight is 313 g/mol. The van der Waals surface area contributed by atoms with Gasteiger partial charge in [-0.05, 0) is 36.5 Å². The van der Waals surface area contributed by atoms with Gasteiger partial charge in [0.25, 0.3) is 0 Å². The highest BCUT2D eigenvalue weighted by molar-refractivity contribution is 7.80. The summed E-state index contributed by atoms with van der Waals surface area (Å²) in [4.78, 5) is 1.59. The minimum absolute atomic E-state index is 0.258. The number of hydrogen-bond acceptors (Lipinski definition) is 3. The molecule has 0 unspecified atom stereocenters. The van der Waals surface area contributed by atoms with Gasteiger partial charge in [0.2, 0.25) is 0 Å². The van der Waals surface area contributed by atoms with Crippen LogP contribution in [0.25, 0.3) is 0 Å². The molecule has 0 atom stereocenters. The van der Waals surface area contributed by atoms with Crippen molar-refractivity contribution in [2.75, 3.05) is 44.8 Å². The molecule has 1 saturated heterocycles. The van der Waals surface area contributed by atoms with Gasteiger partial charge in [0.15, 0.2) is 5.11 Å². The Hall–Kier alpha value is -1.44. The van der Waals surface area contributed by atoms with Crippen LogP contribution in [0.3, 0.4) is 0 Å². The molecule has 0 spiro atoms. The SMILES string of the molecule is Fc1ccc(NNC(=S)NCCC[NH+]2CCOCC2)cc1. The van der Waals surface area contributed by atoms with Crippen molar-refractivity contribution in [2.45, 2.75) is 6.42 Å². The fourth-order valence-electron chi connectivity index (χ4n) is 2.16. The van der Waals surface area contributed by atoms with Crippen molar-refractivity contribution in [3.63, 3.8) is 0 Å². The molecule has 1 heterocycles. The van der Waals surface area contributed by atoms with E-state index in [0.717, 1.165) is 51.5 Å². The first-order valence-corrected chi connectivity index (χ1v) is 7.61. The van der Waals surface area contributed by atoms with E-state index in [-0.39, 0.29) is 5.82 Å². The second-order valence-corrected chi connectivity index (χ2v) is 5.39. The number of rotatable bonds is 6. The summed E-state index contributed by atoms with van der Waals surface area (Å²) >= 11 is 5.16. The zero-order valence-electron chi connectivity index (χ0n) is 12.0. The normalized spacial score (nSPS) is 15.5. The summed E-state index contributed by atoms with van der Waals surface area (Å²) < 4.78 is 18.1. The van der Waals surface area contributed by atoms with Crippen molar-refractivity contribution in [1.29, 1.82) is 0 Å². The third-order valence-corrected chi connectivity index (χ3v) is 3.60. The summed E-state index contributed by atoms with van der Waals surface area (Å²) in [7, 11) is 0. The number of quaternary nitrogens is 1. The van der Waals surface area contributed by atoms with E-state index >= 15 is 0 Å². The lowest BCUT2D eigenvalue weighted by Gasteiger charge is -2.23. The van der Waals surface area contributed by atoms with Gasteiger partial charge in [0.05, 0.1) is 25.4 Å². The molecule has 2 rings (SSSR count). The molecular weight excluding hydrogens is 291 g/mol. The average Bonchev–Trinajstić information content (AvgIpc) is 2.52. The van der Waals surface area contributed by atoms with Crippen LogP contribution in [0.5, 0.6) is 0 Å². The van der Waals surface area contributed by atoms with Crippen LogP contribution < -0.4 is 21.1 Å². The second kappa shape index (κ2) is 8.76. The summed E-state index contributed by atoms with van der Waals surface area (Å²) in [5.74, 6) is -0.258. The van der Waals surface area contributed by atoms with Gasteiger partial charge in [0.1, 0.15) is 18.9 Å². The highest BCUT2D eigenvalue weighted by Gasteiger charge is 2.12. The van der Waals surface area contributed by atoms with Crippen LogP contribution in [0.2, 0.25) is 0 Å². The fraction of sp³-hybridized carbons (Fsp3) is 0.500. The van der Waals surface area contributed by atoms with Gasteiger partial charge in [-0.25, -0.2) is 4.39 Å². The molecule has 7 heteroatoms. The Morgan fingerprint density at radius 3 is 2.67 bits per heavy atom. The molecule has 1 aromatic carbocycles. The molecule has 0 radical (unpaired) electrons. The number of benzene rings is 1. The second-order valence-electron chi connectivity index (χ2n) is 4.98. The van der Waals surface area contributed by atoms with E-state index in [4.69, 9.17) is 17.0 Å². The van der Waals surface area contributed by atoms with Crippen LogP contribution in [-0.2, 0) is 4.74 Å². The molecule has 1 aliphatic rings. The first kappa shape index (κ1) is 15.9.